The Labute approximate surface area is 186 Å². The van der Waals surface area contributed by atoms with Crippen LogP contribution in [0.4, 0.5) is 4.79 Å². The van der Waals surface area contributed by atoms with Crippen LogP contribution in [-0.2, 0) is 14.3 Å². The Kier molecular flexibility index (Phi) is 7.15. The minimum atomic E-state index is -1.55. The van der Waals surface area contributed by atoms with E-state index in [1.807, 2.05) is 36.4 Å². The summed E-state index contributed by atoms with van der Waals surface area (Å²) in [5, 5.41) is 23.8. The van der Waals surface area contributed by atoms with Crippen LogP contribution in [0.3, 0.4) is 0 Å². The van der Waals surface area contributed by atoms with Gasteiger partial charge in [-0.1, -0.05) is 48.5 Å². The minimum Gasteiger partial charge on any atom is -0.481 e. The number of aliphatic hydroxyl groups is 1. The van der Waals surface area contributed by atoms with Crippen LogP contribution in [0.15, 0.2) is 48.5 Å². The zero-order chi connectivity index (χ0) is 23.3. The van der Waals surface area contributed by atoms with E-state index in [2.05, 4.69) is 22.8 Å². The van der Waals surface area contributed by atoms with Gasteiger partial charge in [-0.3, -0.25) is 9.59 Å². The highest BCUT2D eigenvalue weighted by molar-refractivity contribution is 5.79. The molecule has 2 atom stereocenters. The predicted molar refractivity (Wildman–Crippen MR) is 118 cm³/mol. The summed E-state index contributed by atoms with van der Waals surface area (Å²) in [5.41, 5.74) is 2.96. The third-order valence-electron chi connectivity index (χ3n) is 5.40. The summed E-state index contributed by atoms with van der Waals surface area (Å²) in [6, 6.07) is 15.6. The predicted octanol–water partition coefficient (Wildman–Crippen LogP) is 2.65. The molecule has 2 aromatic carbocycles. The molecule has 8 nitrogen and oxygen atoms in total. The summed E-state index contributed by atoms with van der Waals surface area (Å²) in [6.07, 6.45) is -1.14. The van der Waals surface area contributed by atoms with E-state index in [1.54, 1.807) is 6.92 Å². The van der Waals surface area contributed by atoms with Crippen LogP contribution in [0, 0.1) is 0 Å². The molecule has 0 saturated carbocycles. The van der Waals surface area contributed by atoms with Gasteiger partial charge >= 0.3 is 12.1 Å². The van der Waals surface area contributed by atoms with Crippen molar-refractivity contribution < 1.29 is 29.3 Å². The lowest BCUT2D eigenvalue weighted by Gasteiger charge is -2.22. The van der Waals surface area contributed by atoms with Gasteiger partial charge in [-0.05, 0) is 36.1 Å². The van der Waals surface area contributed by atoms with Gasteiger partial charge in [-0.25, -0.2) is 4.79 Å². The molecule has 2 aromatic rings. The number of hydrogen-bond acceptors (Lipinski definition) is 5. The molecule has 0 aliphatic heterocycles. The number of carbonyl (C=O) groups is 3. The number of hydrogen-bond donors (Lipinski definition) is 4. The lowest BCUT2D eigenvalue weighted by molar-refractivity contribution is -0.142. The summed E-state index contributed by atoms with van der Waals surface area (Å²) in [6.45, 7) is 2.97. The van der Waals surface area contributed by atoms with Gasteiger partial charge in [0.25, 0.3) is 0 Å². The largest absolute Gasteiger partial charge is 0.481 e. The van der Waals surface area contributed by atoms with Gasteiger partial charge in [0.2, 0.25) is 5.91 Å². The topological polar surface area (TPSA) is 125 Å². The average Bonchev–Trinajstić information content (AvgIpc) is 3.04. The van der Waals surface area contributed by atoms with Crippen molar-refractivity contribution in [2.75, 3.05) is 13.2 Å². The first-order valence-corrected chi connectivity index (χ1v) is 10.5. The van der Waals surface area contributed by atoms with E-state index >= 15 is 0 Å². The monoisotopic (exact) mass is 440 g/mol. The van der Waals surface area contributed by atoms with Crippen molar-refractivity contribution in [3.05, 3.63) is 59.7 Å². The number of carbonyl (C=O) groups excluding carboxylic acids is 2. The van der Waals surface area contributed by atoms with Gasteiger partial charge in [0.15, 0.2) is 0 Å². The van der Waals surface area contributed by atoms with Crippen LogP contribution in [0.1, 0.15) is 43.7 Å². The van der Waals surface area contributed by atoms with Gasteiger partial charge in [0.1, 0.15) is 6.61 Å². The summed E-state index contributed by atoms with van der Waals surface area (Å²) in [7, 11) is 0. The first-order valence-electron chi connectivity index (χ1n) is 10.5. The molecule has 4 N–H and O–H groups in total. The van der Waals surface area contributed by atoms with E-state index in [0.717, 1.165) is 22.3 Å². The maximum atomic E-state index is 12.3. The van der Waals surface area contributed by atoms with Gasteiger partial charge in [-0.15, -0.1) is 0 Å². The van der Waals surface area contributed by atoms with E-state index < -0.39 is 36.0 Å². The maximum absolute atomic E-state index is 12.3. The van der Waals surface area contributed by atoms with Crippen molar-refractivity contribution in [1.29, 1.82) is 0 Å². The molecule has 3 rings (SSSR count). The molecule has 170 valence electrons. The van der Waals surface area contributed by atoms with Crippen LogP contribution in [0.2, 0.25) is 0 Å². The maximum Gasteiger partial charge on any atom is 0.407 e. The fourth-order valence-electron chi connectivity index (χ4n) is 3.92. The van der Waals surface area contributed by atoms with Crippen LogP contribution in [0.5, 0.6) is 0 Å². The van der Waals surface area contributed by atoms with E-state index in [1.165, 1.54) is 6.92 Å². The number of carboxylic acids is 1. The quantitative estimate of drug-likeness (QED) is 0.475. The zero-order valence-corrected chi connectivity index (χ0v) is 18.1. The number of benzene rings is 2. The Morgan fingerprint density at radius 3 is 2.19 bits per heavy atom. The number of rotatable bonds is 9. The molecule has 0 fully saturated rings. The lowest BCUT2D eigenvalue weighted by Crippen LogP contribution is -2.44. The highest BCUT2D eigenvalue weighted by Gasteiger charge is 2.29. The number of alkyl carbamates (subject to hydrolysis) is 1. The summed E-state index contributed by atoms with van der Waals surface area (Å²) in [5.74, 6) is -1.63. The van der Waals surface area contributed by atoms with Gasteiger partial charge in [-0.2, -0.15) is 0 Å². The van der Waals surface area contributed by atoms with Crippen molar-refractivity contribution in [1.82, 2.24) is 10.6 Å². The van der Waals surface area contributed by atoms with E-state index in [0.29, 0.717) is 0 Å². The van der Waals surface area contributed by atoms with Crippen LogP contribution >= 0.6 is 0 Å². The number of carboxylic acid groups (broad SMARTS) is 1. The summed E-state index contributed by atoms with van der Waals surface area (Å²) in [4.78, 5) is 35.0. The second-order valence-electron chi connectivity index (χ2n) is 8.42. The lowest BCUT2D eigenvalue weighted by atomic mass is 9.98. The smallest absolute Gasteiger partial charge is 0.407 e. The fourth-order valence-corrected chi connectivity index (χ4v) is 3.92. The highest BCUT2D eigenvalue weighted by atomic mass is 16.5. The molecule has 0 bridgehead atoms. The SMILES string of the molecule is CC(CC(=O)NCC(C)(O)CC(=O)O)NC(=O)OCC1c2ccccc2-c2ccccc21. The molecule has 2 unspecified atom stereocenters. The van der Waals surface area contributed by atoms with E-state index in [-0.39, 0.29) is 25.5 Å². The van der Waals surface area contributed by atoms with Crippen molar-refractivity contribution in [2.45, 2.75) is 44.2 Å². The molecule has 0 radical (unpaired) electrons. The molecular formula is C24H28N2O6. The molecule has 2 amide bonds. The molecule has 0 aromatic heterocycles. The third-order valence-corrected chi connectivity index (χ3v) is 5.40. The third kappa shape index (κ3) is 5.85. The van der Waals surface area contributed by atoms with Gasteiger partial charge < -0.3 is 25.6 Å². The molecule has 0 saturated heterocycles. The number of ether oxygens (including phenoxy) is 1. The first kappa shape index (κ1) is 23.3. The van der Waals surface area contributed by atoms with Gasteiger partial charge in [0, 0.05) is 24.9 Å². The van der Waals surface area contributed by atoms with Crippen molar-refractivity contribution >= 4 is 18.0 Å². The summed E-state index contributed by atoms with van der Waals surface area (Å²) >= 11 is 0. The van der Waals surface area contributed by atoms with Gasteiger partial charge in [0.05, 0.1) is 12.0 Å². The van der Waals surface area contributed by atoms with Crippen molar-refractivity contribution in [3.63, 3.8) is 0 Å². The molecule has 32 heavy (non-hydrogen) atoms. The standard InChI is InChI=1S/C24H28N2O6/c1-15(11-21(27)25-14-24(2,31)12-22(28)29)26-23(30)32-13-20-18-9-5-3-7-16(18)17-8-4-6-10-19(17)20/h3-10,15,20,31H,11-14H2,1-2H3,(H,25,27)(H,26,30)(H,28,29). The summed E-state index contributed by atoms with van der Waals surface area (Å²) < 4.78 is 5.46. The Morgan fingerprint density at radius 1 is 1.06 bits per heavy atom. The number of nitrogens with one attached hydrogen (secondary N) is 2. The number of aliphatic carboxylic acids is 1. The Bertz CT molecular complexity index is 958. The Balaban J connectivity index is 1.48. The average molecular weight is 440 g/mol. The van der Waals surface area contributed by atoms with Crippen molar-refractivity contribution in [3.8, 4) is 11.1 Å². The fraction of sp³-hybridized carbons (Fsp3) is 0.375. The zero-order valence-electron chi connectivity index (χ0n) is 18.1. The Morgan fingerprint density at radius 2 is 1.62 bits per heavy atom. The molecule has 1 aliphatic carbocycles. The highest BCUT2D eigenvalue weighted by Crippen LogP contribution is 2.44. The molecule has 8 heteroatoms. The van der Waals surface area contributed by atoms with Crippen LogP contribution < -0.4 is 10.6 Å². The van der Waals surface area contributed by atoms with E-state index in [9.17, 15) is 19.5 Å². The second-order valence-corrected chi connectivity index (χ2v) is 8.42. The number of amides is 2. The molecule has 1 aliphatic rings. The number of fused-ring (bicyclic) bond motifs is 3. The molecule has 0 spiro atoms. The second kappa shape index (κ2) is 9.82. The molecular weight excluding hydrogens is 412 g/mol. The minimum absolute atomic E-state index is 0.0344. The van der Waals surface area contributed by atoms with E-state index in [4.69, 9.17) is 9.84 Å². The first-order chi connectivity index (χ1) is 15.2. The van der Waals surface area contributed by atoms with Crippen LogP contribution in [0.25, 0.3) is 11.1 Å². The normalized spacial score (nSPS) is 15.1. The Hall–Kier alpha value is -3.39. The van der Waals surface area contributed by atoms with Crippen LogP contribution in [-0.4, -0.2) is 53.0 Å². The van der Waals surface area contributed by atoms with Crippen molar-refractivity contribution in [2.24, 2.45) is 0 Å². The molecule has 0 heterocycles.